The van der Waals surface area contributed by atoms with Crippen molar-refractivity contribution in [2.75, 3.05) is 20.2 Å². The monoisotopic (exact) mass is 388 g/mol. The summed E-state index contributed by atoms with van der Waals surface area (Å²) in [6.45, 7) is 2.94. The van der Waals surface area contributed by atoms with Crippen LogP contribution in [-0.2, 0) is 34.2 Å². The van der Waals surface area contributed by atoms with Crippen LogP contribution in [0.15, 0.2) is 47.4 Å². The van der Waals surface area contributed by atoms with E-state index in [-0.39, 0.29) is 17.3 Å². The number of nitrogens with zero attached hydrogens (tertiary/aromatic N) is 1. The molecule has 0 saturated heterocycles. The molecule has 1 amide bonds. The van der Waals surface area contributed by atoms with Crippen molar-refractivity contribution < 1.29 is 17.9 Å². The summed E-state index contributed by atoms with van der Waals surface area (Å²) in [6, 6.07) is 12.7. The van der Waals surface area contributed by atoms with Crippen LogP contribution in [-0.4, -0.2) is 39.4 Å². The van der Waals surface area contributed by atoms with E-state index in [9.17, 15) is 13.2 Å². The molecule has 0 saturated carbocycles. The fraction of sp³-hybridized carbons (Fsp3) is 0.350. The summed E-state index contributed by atoms with van der Waals surface area (Å²) in [4.78, 5) is 13.6. The highest BCUT2D eigenvalue weighted by atomic mass is 32.2. The Balaban J connectivity index is 1.70. The molecule has 2 aromatic rings. The lowest BCUT2D eigenvalue weighted by Gasteiger charge is -2.28. The van der Waals surface area contributed by atoms with Gasteiger partial charge in [-0.3, -0.25) is 4.79 Å². The molecule has 0 aromatic heterocycles. The summed E-state index contributed by atoms with van der Waals surface area (Å²) < 4.78 is 33.3. The minimum Gasteiger partial charge on any atom is -0.496 e. The van der Waals surface area contributed by atoms with Crippen LogP contribution in [0.25, 0.3) is 0 Å². The quantitative estimate of drug-likeness (QED) is 0.823. The van der Waals surface area contributed by atoms with Gasteiger partial charge >= 0.3 is 0 Å². The first-order chi connectivity index (χ1) is 12.9. The summed E-state index contributed by atoms with van der Waals surface area (Å²) in [5.74, 6) is 0.749. The second-order valence-corrected chi connectivity index (χ2v) is 8.35. The number of hydrogen-bond acceptors (Lipinski definition) is 4. The third kappa shape index (κ3) is 4.48. The van der Waals surface area contributed by atoms with Crippen molar-refractivity contribution in [2.24, 2.45) is 0 Å². The maximum Gasteiger partial charge on any atom is 0.240 e. The fourth-order valence-electron chi connectivity index (χ4n) is 3.28. The normalized spacial score (nSPS) is 13.9. The molecule has 6 nitrogen and oxygen atoms in total. The third-order valence-corrected chi connectivity index (χ3v) is 6.28. The van der Waals surface area contributed by atoms with Gasteiger partial charge in [0.1, 0.15) is 5.75 Å². The number of benzene rings is 2. The maximum atomic E-state index is 12.7. The van der Waals surface area contributed by atoms with E-state index in [1.54, 1.807) is 24.1 Å². The Bertz CT molecular complexity index is 941. The predicted octanol–water partition coefficient (Wildman–Crippen LogP) is 2.12. The zero-order valence-corrected chi connectivity index (χ0v) is 16.4. The smallest absolute Gasteiger partial charge is 0.240 e. The van der Waals surface area contributed by atoms with Crippen molar-refractivity contribution >= 4 is 15.9 Å². The van der Waals surface area contributed by atoms with Gasteiger partial charge < -0.3 is 9.64 Å². The highest BCUT2D eigenvalue weighted by Gasteiger charge is 2.21. The molecule has 7 heteroatoms. The molecular weight excluding hydrogens is 364 g/mol. The van der Waals surface area contributed by atoms with Crippen LogP contribution < -0.4 is 9.46 Å². The van der Waals surface area contributed by atoms with Crippen molar-refractivity contribution in [1.82, 2.24) is 9.62 Å². The summed E-state index contributed by atoms with van der Waals surface area (Å²) in [7, 11) is -2.02. The van der Waals surface area contributed by atoms with E-state index < -0.39 is 10.0 Å². The number of hydrogen-bond donors (Lipinski definition) is 1. The molecule has 1 heterocycles. The van der Waals surface area contributed by atoms with E-state index >= 15 is 0 Å². The zero-order chi connectivity index (χ0) is 19.4. The van der Waals surface area contributed by atoms with Gasteiger partial charge in [0.05, 0.1) is 12.0 Å². The molecule has 0 radical (unpaired) electrons. The first-order valence-electron chi connectivity index (χ1n) is 8.89. The molecule has 1 aliphatic heterocycles. The van der Waals surface area contributed by atoms with Gasteiger partial charge in [-0.25, -0.2) is 13.1 Å². The van der Waals surface area contributed by atoms with E-state index in [4.69, 9.17) is 4.74 Å². The van der Waals surface area contributed by atoms with Gasteiger partial charge in [0, 0.05) is 26.6 Å². The number of ether oxygens (including phenoxy) is 1. The molecule has 1 aliphatic rings. The van der Waals surface area contributed by atoms with E-state index in [1.165, 1.54) is 6.92 Å². The number of carbonyl (C=O) groups is 1. The van der Waals surface area contributed by atoms with Crippen molar-refractivity contribution in [3.63, 3.8) is 0 Å². The van der Waals surface area contributed by atoms with E-state index in [0.717, 1.165) is 28.9 Å². The molecule has 0 aliphatic carbocycles. The van der Waals surface area contributed by atoms with Crippen LogP contribution in [0.4, 0.5) is 0 Å². The average Bonchev–Trinajstić information content (AvgIpc) is 2.67. The molecule has 0 spiro atoms. The number of sulfonamides is 1. The molecule has 144 valence electrons. The van der Waals surface area contributed by atoms with Gasteiger partial charge in [-0.15, -0.1) is 0 Å². The average molecular weight is 388 g/mol. The highest BCUT2D eigenvalue weighted by Crippen LogP contribution is 2.23. The van der Waals surface area contributed by atoms with Gasteiger partial charge in [0.15, 0.2) is 0 Å². The lowest BCUT2D eigenvalue weighted by Crippen LogP contribution is -2.34. The summed E-state index contributed by atoms with van der Waals surface area (Å²) in [5, 5.41) is 0. The van der Waals surface area contributed by atoms with Crippen LogP contribution >= 0.6 is 0 Å². The van der Waals surface area contributed by atoms with Crippen molar-refractivity contribution in [2.45, 2.75) is 31.2 Å². The molecule has 1 N–H and O–H groups in total. The molecule has 2 aromatic carbocycles. The Morgan fingerprint density at radius 3 is 2.70 bits per heavy atom. The molecule has 0 bridgehead atoms. The van der Waals surface area contributed by atoms with Crippen LogP contribution in [0, 0.1) is 0 Å². The van der Waals surface area contributed by atoms with E-state index in [1.807, 2.05) is 30.3 Å². The Hall–Kier alpha value is -2.38. The Labute approximate surface area is 160 Å². The predicted molar refractivity (Wildman–Crippen MR) is 103 cm³/mol. The molecule has 0 fully saturated rings. The van der Waals surface area contributed by atoms with Gasteiger partial charge in [-0.1, -0.05) is 24.3 Å². The van der Waals surface area contributed by atoms with Gasteiger partial charge in [-0.05, 0) is 47.7 Å². The van der Waals surface area contributed by atoms with Crippen molar-refractivity contribution in [3.8, 4) is 5.75 Å². The lowest BCUT2D eigenvalue weighted by atomic mass is 10.00. The standard InChI is InChI=1S/C20H24N2O4S/c1-15(23)22-12-10-16-7-8-19(13-18(16)14-22)27(24,25)21-11-9-17-5-3-4-6-20(17)26-2/h3-8,13,21H,9-12,14H2,1-2H3. The number of rotatable bonds is 6. The number of nitrogens with one attached hydrogen (secondary N) is 1. The SMILES string of the molecule is COc1ccccc1CCNS(=O)(=O)c1ccc2c(c1)CN(C(C)=O)CC2. The van der Waals surface area contributed by atoms with Crippen LogP contribution in [0.1, 0.15) is 23.6 Å². The second-order valence-electron chi connectivity index (χ2n) is 6.58. The zero-order valence-electron chi connectivity index (χ0n) is 15.6. The Morgan fingerprint density at radius 2 is 1.96 bits per heavy atom. The topological polar surface area (TPSA) is 75.7 Å². The first kappa shape index (κ1) is 19.4. The number of carbonyl (C=O) groups excluding carboxylic acids is 1. The minimum atomic E-state index is -3.62. The summed E-state index contributed by atoms with van der Waals surface area (Å²) >= 11 is 0. The van der Waals surface area contributed by atoms with Crippen LogP contribution in [0.3, 0.4) is 0 Å². The minimum absolute atomic E-state index is 0.00356. The first-order valence-corrected chi connectivity index (χ1v) is 10.4. The van der Waals surface area contributed by atoms with Crippen LogP contribution in [0.5, 0.6) is 5.75 Å². The largest absolute Gasteiger partial charge is 0.496 e. The van der Waals surface area contributed by atoms with Gasteiger partial charge in [0.2, 0.25) is 15.9 Å². The molecule has 0 atom stereocenters. The number of methoxy groups -OCH3 is 1. The fourth-order valence-corrected chi connectivity index (χ4v) is 4.36. The van der Waals surface area contributed by atoms with Crippen molar-refractivity contribution in [1.29, 1.82) is 0 Å². The number of fused-ring (bicyclic) bond motifs is 1. The van der Waals surface area contributed by atoms with Gasteiger partial charge in [-0.2, -0.15) is 0 Å². The Kier molecular flexibility index (Phi) is 5.82. The Morgan fingerprint density at radius 1 is 1.19 bits per heavy atom. The third-order valence-electron chi connectivity index (χ3n) is 4.82. The lowest BCUT2D eigenvalue weighted by molar-refractivity contribution is -0.129. The van der Waals surface area contributed by atoms with E-state index in [2.05, 4.69) is 4.72 Å². The molecular formula is C20H24N2O4S. The molecule has 27 heavy (non-hydrogen) atoms. The molecule has 0 unspecified atom stereocenters. The van der Waals surface area contributed by atoms with Crippen LogP contribution in [0.2, 0.25) is 0 Å². The summed E-state index contributed by atoms with van der Waals surface area (Å²) in [5.41, 5.74) is 2.94. The van der Waals surface area contributed by atoms with Crippen molar-refractivity contribution in [3.05, 3.63) is 59.2 Å². The molecule has 3 rings (SSSR count). The second kappa shape index (κ2) is 8.10. The summed E-state index contributed by atoms with van der Waals surface area (Å²) in [6.07, 6.45) is 1.28. The highest BCUT2D eigenvalue weighted by molar-refractivity contribution is 7.89. The number of para-hydroxylation sites is 1. The maximum absolute atomic E-state index is 12.7. The number of amides is 1. The van der Waals surface area contributed by atoms with E-state index in [0.29, 0.717) is 19.5 Å². The van der Waals surface area contributed by atoms with Gasteiger partial charge in [0.25, 0.3) is 0 Å².